The Kier molecular flexibility index (Phi) is 6.00. The van der Waals surface area contributed by atoms with Crippen molar-refractivity contribution in [3.8, 4) is 0 Å². The van der Waals surface area contributed by atoms with E-state index in [2.05, 4.69) is 15.4 Å². The predicted octanol–water partition coefficient (Wildman–Crippen LogP) is 1.33. The summed E-state index contributed by atoms with van der Waals surface area (Å²) in [4.78, 5) is 29.0. The number of aliphatic hydroxyl groups excluding tert-OH is 1. The molecule has 2 aromatic rings. The van der Waals surface area contributed by atoms with Crippen molar-refractivity contribution >= 4 is 16.9 Å². The molecule has 0 saturated heterocycles. The van der Waals surface area contributed by atoms with Gasteiger partial charge in [-0.3, -0.25) is 19.4 Å². The fraction of sp³-hybridized carbons (Fsp3) is 0.611. The highest BCUT2D eigenvalue weighted by Gasteiger charge is 2.18. The molecule has 1 amide bonds. The Morgan fingerprint density at radius 1 is 1.36 bits per heavy atom. The molecule has 0 aromatic carbocycles. The third kappa shape index (κ3) is 4.10. The van der Waals surface area contributed by atoms with Gasteiger partial charge in [-0.1, -0.05) is 13.8 Å². The number of aromatic nitrogens is 3. The minimum atomic E-state index is -0.103. The van der Waals surface area contributed by atoms with E-state index < -0.39 is 0 Å². The predicted molar refractivity (Wildman–Crippen MR) is 97.6 cm³/mol. The molecule has 7 nitrogen and oxygen atoms in total. The Bertz CT molecular complexity index is 820. The second-order valence-electron chi connectivity index (χ2n) is 6.93. The zero-order chi connectivity index (χ0) is 18.7. The molecule has 1 unspecified atom stereocenters. The highest BCUT2D eigenvalue weighted by atomic mass is 16.3. The van der Waals surface area contributed by atoms with Crippen LogP contribution in [-0.4, -0.2) is 38.4 Å². The van der Waals surface area contributed by atoms with Crippen molar-refractivity contribution in [2.75, 3.05) is 6.61 Å². The lowest BCUT2D eigenvalue weighted by molar-refractivity contribution is -0.122. The van der Waals surface area contributed by atoms with Crippen LogP contribution in [0.5, 0.6) is 0 Å². The zero-order valence-corrected chi connectivity index (χ0v) is 15.6. The smallest absolute Gasteiger partial charge is 0.276 e. The molecule has 0 fully saturated rings. The summed E-state index contributed by atoms with van der Waals surface area (Å²) in [5.41, 5.74) is 3.14. The SMILES string of the molecule is Cc1nc2[nH]n(C)c(=O)c2c(C)c1CCC(=O)NC(CCO)C(C)C. The number of amides is 1. The van der Waals surface area contributed by atoms with Gasteiger partial charge in [0, 0.05) is 31.8 Å². The van der Waals surface area contributed by atoms with Gasteiger partial charge in [-0.05, 0) is 43.7 Å². The lowest BCUT2D eigenvalue weighted by Crippen LogP contribution is -2.39. The molecule has 2 aromatic heterocycles. The Labute approximate surface area is 147 Å². The summed E-state index contributed by atoms with van der Waals surface area (Å²) in [6.45, 7) is 7.90. The first-order valence-electron chi connectivity index (χ1n) is 8.71. The number of fused-ring (bicyclic) bond motifs is 1. The van der Waals surface area contributed by atoms with Gasteiger partial charge < -0.3 is 10.4 Å². The second-order valence-corrected chi connectivity index (χ2v) is 6.93. The van der Waals surface area contributed by atoms with E-state index in [1.54, 1.807) is 7.05 Å². The van der Waals surface area contributed by atoms with Gasteiger partial charge in [0.25, 0.3) is 5.56 Å². The van der Waals surface area contributed by atoms with E-state index in [1.807, 2.05) is 27.7 Å². The van der Waals surface area contributed by atoms with Crippen molar-refractivity contribution in [3.63, 3.8) is 0 Å². The first kappa shape index (κ1) is 19.2. The normalized spacial score (nSPS) is 12.8. The van der Waals surface area contributed by atoms with Crippen LogP contribution in [0, 0.1) is 19.8 Å². The van der Waals surface area contributed by atoms with Crippen LogP contribution in [0.3, 0.4) is 0 Å². The van der Waals surface area contributed by atoms with Crippen molar-refractivity contribution in [1.82, 2.24) is 20.1 Å². The number of nitrogens with zero attached hydrogens (tertiary/aromatic N) is 2. The number of carbonyl (C=O) groups is 1. The van der Waals surface area contributed by atoms with Crippen LogP contribution < -0.4 is 10.9 Å². The maximum absolute atomic E-state index is 12.3. The quantitative estimate of drug-likeness (QED) is 0.703. The molecule has 0 saturated carbocycles. The topological polar surface area (TPSA) is 100 Å². The van der Waals surface area contributed by atoms with Crippen LogP contribution in [0.1, 0.15) is 43.5 Å². The molecule has 0 aliphatic heterocycles. The summed E-state index contributed by atoms with van der Waals surface area (Å²) >= 11 is 0. The molecule has 3 N–H and O–H groups in total. The minimum Gasteiger partial charge on any atom is -0.396 e. The van der Waals surface area contributed by atoms with Crippen LogP contribution >= 0.6 is 0 Å². The summed E-state index contributed by atoms with van der Waals surface area (Å²) < 4.78 is 1.42. The van der Waals surface area contributed by atoms with Gasteiger partial charge in [-0.15, -0.1) is 0 Å². The molecular formula is C18H28N4O3. The van der Waals surface area contributed by atoms with Crippen LogP contribution in [0.15, 0.2) is 4.79 Å². The van der Waals surface area contributed by atoms with Crippen molar-refractivity contribution < 1.29 is 9.90 Å². The first-order valence-corrected chi connectivity index (χ1v) is 8.71. The van der Waals surface area contributed by atoms with E-state index in [1.165, 1.54) is 4.68 Å². The molecule has 1 atom stereocenters. The number of carbonyl (C=O) groups excluding carboxylic acids is 1. The number of hydrogen-bond donors (Lipinski definition) is 3. The highest BCUT2D eigenvalue weighted by Crippen LogP contribution is 2.20. The van der Waals surface area contributed by atoms with E-state index in [9.17, 15) is 9.59 Å². The second kappa shape index (κ2) is 7.82. The van der Waals surface area contributed by atoms with Crippen LogP contribution in [0.25, 0.3) is 11.0 Å². The number of nitrogens with one attached hydrogen (secondary N) is 2. The van der Waals surface area contributed by atoms with Crippen molar-refractivity contribution in [2.45, 2.75) is 53.0 Å². The largest absolute Gasteiger partial charge is 0.396 e. The third-order valence-corrected chi connectivity index (χ3v) is 4.77. The Hall–Kier alpha value is -2.15. The molecule has 0 aliphatic rings. The maximum Gasteiger partial charge on any atom is 0.276 e. The molecule has 7 heteroatoms. The van der Waals surface area contributed by atoms with E-state index in [-0.39, 0.29) is 30.0 Å². The van der Waals surface area contributed by atoms with Gasteiger partial charge in [0.05, 0.1) is 5.39 Å². The monoisotopic (exact) mass is 348 g/mol. The molecule has 0 radical (unpaired) electrons. The Morgan fingerprint density at radius 3 is 2.64 bits per heavy atom. The van der Waals surface area contributed by atoms with E-state index in [4.69, 9.17) is 5.11 Å². The van der Waals surface area contributed by atoms with Crippen LogP contribution in [0.2, 0.25) is 0 Å². The summed E-state index contributed by atoms with van der Waals surface area (Å²) in [5.74, 6) is 0.216. The van der Waals surface area contributed by atoms with Gasteiger partial charge >= 0.3 is 0 Å². The van der Waals surface area contributed by atoms with E-state index in [0.29, 0.717) is 30.3 Å². The van der Waals surface area contributed by atoms with Crippen molar-refractivity contribution in [1.29, 1.82) is 0 Å². The van der Waals surface area contributed by atoms with Gasteiger partial charge in [0.2, 0.25) is 5.91 Å². The molecule has 0 spiro atoms. The van der Waals surface area contributed by atoms with Crippen LogP contribution in [-0.2, 0) is 18.3 Å². The highest BCUT2D eigenvalue weighted by molar-refractivity contribution is 5.80. The Balaban J connectivity index is 2.16. The number of aromatic amines is 1. The Morgan fingerprint density at radius 2 is 2.04 bits per heavy atom. The number of rotatable bonds is 7. The fourth-order valence-electron chi connectivity index (χ4n) is 3.21. The summed E-state index contributed by atoms with van der Waals surface area (Å²) in [6, 6.07) is -0.0303. The third-order valence-electron chi connectivity index (χ3n) is 4.77. The van der Waals surface area contributed by atoms with Gasteiger partial charge in [0.15, 0.2) is 5.65 Å². The lowest BCUT2D eigenvalue weighted by atomic mass is 9.99. The van der Waals surface area contributed by atoms with Crippen molar-refractivity contribution in [2.24, 2.45) is 13.0 Å². The summed E-state index contributed by atoms with van der Waals surface area (Å²) in [6.07, 6.45) is 1.41. The fourth-order valence-corrected chi connectivity index (χ4v) is 3.21. The lowest BCUT2D eigenvalue weighted by Gasteiger charge is -2.21. The number of hydrogen-bond acceptors (Lipinski definition) is 4. The molecule has 138 valence electrons. The molecular weight excluding hydrogens is 320 g/mol. The number of H-pyrrole nitrogens is 1. The van der Waals surface area contributed by atoms with Crippen LogP contribution in [0.4, 0.5) is 0 Å². The molecule has 0 bridgehead atoms. The number of aryl methyl sites for hydroxylation is 3. The van der Waals surface area contributed by atoms with Gasteiger partial charge in [-0.25, -0.2) is 4.98 Å². The van der Waals surface area contributed by atoms with Gasteiger partial charge in [-0.2, -0.15) is 0 Å². The number of aliphatic hydroxyl groups is 1. The van der Waals surface area contributed by atoms with Crippen molar-refractivity contribution in [3.05, 3.63) is 27.2 Å². The molecule has 2 heterocycles. The summed E-state index contributed by atoms with van der Waals surface area (Å²) in [7, 11) is 1.67. The van der Waals surface area contributed by atoms with E-state index >= 15 is 0 Å². The zero-order valence-electron chi connectivity index (χ0n) is 15.6. The van der Waals surface area contributed by atoms with Gasteiger partial charge in [0.1, 0.15) is 0 Å². The van der Waals surface area contributed by atoms with E-state index in [0.717, 1.165) is 16.8 Å². The molecule has 2 rings (SSSR count). The maximum atomic E-state index is 12.3. The minimum absolute atomic E-state index is 0.0303. The number of pyridine rings is 1. The summed E-state index contributed by atoms with van der Waals surface area (Å²) in [5, 5.41) is 15.6. The standard InChI is InChI=1S/C18H28N4O3/c1-10(2)14(8-9-23)20-15(24)7-6-13-11(3)16-17(19-12(13)4)21-22(5)18(16)25/h10,14,23H,6-9H2,1-5H3,(H,19,21)(H,20,24). The average Bonchev–Trinajstić information content (AvgIpc) is 2.81. The molecule has 0 aliphatic carbocycles. The molecule has 25 heavy (non-hydrogen) atoms. The first-order chi connectivity index (χ1) is 11.8. The average molecular weight is 348 g/mol.